The number of carbonyl (C=O) groups excluding carboxylic acids is 1. The standard InChI is InChI=1S/C25H29N3O3/c1-27(14-13-18-9-11-22(30-2)23(15-18)31-3)25(29)21-17-28-16-20(10-12-24(28)26-21)19-7-5-4-6-8-19/h4-9,11,15,17,20H,10,12-14,16H2,1-3H3. The number of carbonyl (C=O) groups is 1. The first-order chi connectivity index (χ1) is 15.1. The summed E-state index contributed by atoms with van der Waals surface area (Å²) in [5.41, 5.74) is 2.97. The van der Waals surface area contributed by atoms with E-state index in [0.717, 1.165) is 37.2 Å². The number of ether oxygens (including phenoxy) is 2. The molecule has 4 rings (SSSR count). The van der Waals surface area contributed by atoms with Crippen LogP contribution in [0.25, 0.3) is 0 Å². The van der Waals surface area contributed by atoms with Crippen molar-refractivity contribution in [1.82, 2.24) is 14.5 Å². The number of imidazole rings is 1. The topological polar surface area (TPSA) is 56.6 Å². The van der Waals surface area contributed by atoms with E-state index in [1.54, 1.807) is 19.1 Å². The lowest BCUT2D eigenvalue weighted by Gasteiger charge is -2.23. The van der Waals surface area contributed by atoms with Gasteiger partial charge in [0.1, 0.15) is 11.5 Å². The maximum absolute atomic E-state index is 13.0. The molecule has 162 valence electrons. The Labute approximate surface area is 183 Å². The fourth-order valence-electron chi connectivity index (χ4n) is 4.17. The number of nitrogens with zero attached hydrogens (tertiary/aromatic N) is 3. The minimum atomic E-state index is -0.0429. The van der Waals surface area contributed by atoms with Gasteiger partial charge < -0.3 is 18.9 Å². The van der Waals surface area contributed by atoms with Gasteiger partial charge in [-0.05, 0) is 36.1 Å². The van der Waals surface area contributed by atoms with E-state index in [-0.39, 0.29) is 5.91 Å². The third kappa shape index (κ3) is 4.58. The molecular weight excluding hydrogens is 390 g/mol. The van der Waals surface area contributed by atoms with Crippen molar-refractivity contribution in [2.75, 3.05) is 27.8 Å². The lowest BCUT2D eigenvalue weighted by molar-refractivity contribution is 0.0791. The summed E-state index contributed by atoms with van der Waals surface area (Å²) in [5.74, 6) is 2.83. The second-order valence-corrected chi connectivity index (χ2v) is 8.01. The van der Waals surface area contributed by atoms with E-state index in [2.05, 4.69) is 33.8 Å². The first-order valence-electron chi connectivity index (χ1n) is 10.7. The van der Waals surface area contributed by atoms with Crippen LogP contribution in [0.1, 0.15) is 39.8 Å². The number of rotatable bonds is 7. The van der Waals surface area contributed by atoms with Gasteiger partial charge >= 0.3 is 0 Å². The molecule has 0 saturated carbocycles. The molecule has 1 aliphatic heterocycles. The molecule has 2 aromatic carbocycles. The summed E-state index contributed by atoms with van der Waals surface area (Å²) in [4.78, 5) is 19.3. The Kier molecular flexibility index (Phi) is 6.26. The van der Waals surface area contributed by atoms with Crippen molar-refractivity contribution in [2.24, 2.45) is 0 Å². The van der Waals surface area contributed by atoms with Crippen molar-refractivity contribution in [3.8, 4) is 11.5 Å². The molecule has 0 bridgehead atoms. The summed E-state index contributed by atoms with van der Waals surface area (Å²) in [6, 6.07) is 16.4. The average Bonchev–Trinajstić information content (AvgIpc) is 3.25. The van der Waals surface area contributed by atoms with Crippen LogP contribution in [0.4, 0.5) is 0 Å². The number of aromatic nitrogens is 2. The highest BCUT2D eigenvalue weighted by Crippen LogP contribution is 2.29. The highest BCUT2D eigenvalue weighted by atomic mass is 16.5. The SMILES string of the molecule is COc1ccc(CCN(C)C(=O)c2cn3c(n2)CCC(c2ccccc2)C3)cc1OC. The zero-order valence-corrected chi connectivity index (χ0v) is 18.4. The van der Waals surface area contributed by atoms with Crippen LogP contribution in [0.15, 0.2) is 54.7 Å². The molecule has 0 saturated heterocycles. The lowest BCUT2D eigenvalue weighted by Crippen LogP contribution is -2.29. The van der Waals surface area contributed by atoms with Gasteiger partial charge in [-0.3, -0.25) is 4.79 Å². The van der Waals surface area contributed by atoms with Crippen LogP contribution < -0.4 is 9.47 Å². The van der Waals surface area contributed by atoms with Crippen LogP contribution in [0.5, 0.6) is 11.5 Å². The molecule has 3 aromatic rings. The fraction of sp³-hybridized carbons (Fsp3) is 0.360. The maximum Gasteiger partial charge on any atom is 0.273 e. The molecule has 31 heavy (non-hydrogen) atoms. The fourth-order valence-corrected chi connectivity index (χ4v) is 4.17. The first-order valence-corrected chi connectivity index (χ1v) is 10.7. The summed E-state index contributed by atoms with van der Waals surface area (Å²) in [5, 5.41) is 0. The smallest absolute Gasteiger partial charge is 0.273 e. The molecule has 1 aromatic heterocycles. The van der Waals surface area contributed by atoms with E-state index in [1.165, 1.54) is 5.56 Å². The third-order valence-electron chi connectivity index (χ3n) is 6.01. The summed E-state index contributed by atoms with van der Waals surface area (Å²) in [6.45, 7) is 1.47. The van der Waals surface area contributed by atoms with Gasteiger partial charge in [-0.1, -0.05) is 36.4 Å². The molecule has 0 radical (unpaired) electrons. The van der Waals surface area contributed by atoms with E-state index in [4.69, 9.17) is 9.47 Å². The van der Waals surface area contributed by atoms with Gasteiger partial charge in [0.15, 0.2) is 11.5 Å². The number of methoxy groups -OCH3 is 2. The van der Waals surface area contributed by atoms with Crippen LogP contribution in [0, 0.1) is 0 Å². The molecule has 1 amide bonds. The van der Waals surface area contributed by atoms with Crippen LogP contribution in [-0.2, 0) is 19.4 Å². The normalized spacial score (nSPS) is 15.3. The Hall–Kier alpha value is -3.28. The average molecular weight is 420 g/mol. The lowest BCUT2D eigenvalue weighted by atomic mass is 9.92. The van der Waals surface area contributed by atoms with E-state index < -0.39 is 0 Å². The van der Waals surface area contributed by atoms with Gasteiger partial charge in [0.2, 0.25) is 0 Å². The Bertz CT molecular complexity index is 1050. The van der Waals surface area contributed by atoms with E-state index >= 15 is 0 Å². The van der Waals surface area contributed by atoms with Crippen molar-refractivity contribution < 1.29 is 14.3 Å². The summed E-state index contributed by atoms with van der Waals surface area (Å²) < 4.78 is 12.8. The second-order valence-electron chi connectivity index (χ2n) is 8.01. The van der Waals surface area contributed by atoms with Crippen LogP contribution in [-0.4, -0.2) is 48.2 Å². The largest absolute Gasteiger partial charge is 0.493 e. The second kappa shape index (κ2) is 9.25. The molecule has 0 fully saturated rings. The summed E-state index contributed by atoms with van der Waals surface area (Å²) >= 11 is 0. The Morgan fingerprint density at radius 1 is 1.13 bits per heavy atom. The summed E-state index contributed by atoms with van der Waals surface area (Å²) in [7, 11) is 5.07. The van der Waals surface area contributed by atoms with Gasteiger partial charge in [0.25, 0.3) is 5.91 Å². The number of benzene rings is 2. The van der Waals surface area contributed by atoms with Crippen molar-refractivity contribution in [3.05, 3.63) is 77.4 Å². The number of likely N-dealkylation sites (N-methyl/N-ethyl adjacent to an activating group) is 1. The van der Waals surface area contributed by atoms with Crippen LogP contribution in [0.3, 0.4) is 0 Å². The Morgan fingerprint density at radius 3 is 2.65 bits per heavy atom. The maximum atomic E-state index is 13.0. The quantitative estimate of drug-likeness (QED) is 0.582. The van der Waals surface area contributed by atoms with E-state index in [1.807, 2.05) is 37.5 Å². The first kappa shape index (κ1) is 21.0. The number of hydrogen-bond donors (Lipinski definition) is 0. The molecule has 1 unspecified atom stereocenters. The Balaban J connectivity index is 1.39. The van der Waals surface area contributed by atoms with E-state index in [9.17, 15) is 4.79 Å². The van der Waals surface area contributed by atoms with Crippen LogP contribution in [0.2, 0.25) is 0 Å². The molecule has 1 aliphatic rings. The van der Waals surface area contributed by atoms with Gasteiger partial charge in [0, 0.05) is 38.7 Å². The monoisotopic (exact) mass is 419 g/mol. The molecule has 1 atom stereocenters. The summed E-state index contributed by atoms with van der Waals surface area (Å²) in [6.07, 6.45) is 4.60. The molecule has 0 aliphatic carbocycles. The predicted molar refractivity (Wildman–Crippen MR) is 120 cm³/mol. The molecule has 0 N–H and O–H groups in total. The van der Waals surface area contributed by atoms with Crippen LogP contribution >= 0.6 is 0 Å². The molecular formula is C25H29N3O3. The highest BCUT2D eigenvalue weighted by Gasteiger charge is 2.24. The number of fused-ring (bicyclic) bond motifs is 1. The van der Waals surface area contributed by atoms with Gasteiger partial charge in [-0.2, -0.15) is 0 Å². The van der Waals surface area contributed by atoms with Crippen molar-refractivity contribution in [3.63, 3.8) is 0 Å². The van der Waals surface area contributed by atoms with Crippen molar-refractivity contribution >= 4 is 5.91 Å². The molecule has 2 heterocycles. The van der Waals surface area contributed by atoms with Gasteiger partial charge in [-0.25, -0.2) is 4.98 Å². The third-order valence-corrected chi connectivity index (χ3v) is 6.01. The van der Waals surface area contributed by atoms with Crippen molar-refractivity contribution in [1.29, 1.82) is 0 Å². The highest BCUT2D eigenvalue weighted by molar-refractivity contribution is 5.92. The number of hydrogen-bond acceptors (Lipinski definition) is 4. The molecule has 0 spiro atoms. The minimum absolute atomic E-state index is 0.0429. The molecule has 6 nitrogen and oxygen atoms in total. The molecule has 6 heteroatoms. The van der Waals surface area contributed by atoms with E-state index in [0.29, 0.717) is 29.7 Å². The number of amides is 1. The van der Waals surface area contributed by atoms with Gasteiger partial charge in [0.05, 0.1) is 14.2 Å². The minimum Gasteiger partial charge on any atom is -0.493 e. The predicted octanol–water partition coefficient (Wildman–Crippen LogP) is 3.95. The van der Waals surface area contributed by atoms with Crippen molar-refractivity contribution in [2.45, 2.75) is 31.7 Å². The number of aryl methyl sites for hydroxylation is 1. The Morgan fingerprint density at radius 2 is 1.90 bits per heavy atom. The zero-order chi connectivity index (χ0) is 21.8. The zero-order valence-electron chi connectivity index (χ0n) is 18.4. The van der Waals surface area contributed by atoms with Gasteiger partial charge in [-0.15, -0.1) is 0 Å².